The van der Waals surface area contributed by atoms with Gasteiger partial charge in [0.1, 0.15) is 6.23 Å². The number of benzene rings is 1. The van der Waals surface area contributed by atoms with Gasteiger partial charge in [0.2, 0.25) is 0 Å². The van der Waals surface area contributed by atoms with Crippen molar-refractivity contribution in [3.8, 4) is 0 Å². The van der Waals surface area contributed by atoms with Gasteiger partial charge in [0.25, 0.3) is 0 Å². The molecule has 0 saturated heterocycles. The van der Waals surface area contributed by atoms with Crippen LogP contribution in [0.5, 0.6) is 0 Å². The van der Waals surface area contributed by atoms with E-state index in [4.69, 9.17) is 4.74 Å². The highest BCUT2D eigenvalue weighted by atomic mass is 79.9. The monoisotopic (exact) mass is 243 g/mol. The minimum atomic E-state index is 0.0613. The van der Waals surface area contributed by atoms with Gasteiger partial charge in [0.15, 0.2) is 0 Å². The van der Waals surface area contributed by atoms with E-state index in [0.717, 1.165) is 16.8 Å². The molecule has 0 fully saturated rings. The predicted octanol–water partition coefficient (Wildman–Crippen LogP) is 3.24. The fraction of sp³-hybridized carbons (Fsp3) is 0.400. The van der Waals surface area contributed by atoms with E-state index in [2.05, 4.69) is 21.2 Å². The molecule has 1 atom stereocenters. The van der Waals surface area contributed by atoms with Crippen LogP contribution < -0.4 is 5.32 Å². The molecule has 13 heavy (non-hydrogen) atoms. The Hall–Kier alpha value is -0.540. The van der Waals surface area contributed by atoms with Crippen LogP contribution in [0.15, 0.2) is 28.7 Å². The van der Waals surface area contributed by atoms with Crippen LogP contribution in [0.25, 0.3) is 0 Å². The Kier molecular flexibility index (Phi) is 4.25. The zero-order valence-corrected chi connectivity index (χ0v) is 9.47. The summed E-state index contributed by atoms with van der Waals surface area (Å²) in [6, 6.07) is 8.03. The van der Waals surface area contributed by atoms with Crippen molar-refractivity contribution in [2.45, 2.75) is 20.1 Å². The molecule has 0 aliphatic rings. The first kappa shape index (κ1) is 10.5. The molecule has 1 N–H and O–H groups in total. The molecular formula is C10H14BrNO. The number of halogens is 1. The normalized spacial score (nSPS) is 12.5. The molecule has 0 saturated carbocycles. The molecule has 2 nitrogen and oxygen atoms in total. The van der Waals surface area contributed by atoms with Crippen LogP contribution in [-0.2, 0) is 4.74 Å². The lowest BCUT2D eigenvalue weighted by Gasteiger charge is -2.14. The third-order valence-electron chi connectivity index (χ3n) is 1.63. The lowest BCUT2D eigenvalue weighted by molar-refractivity contribution is 0.0961. The SMILES string of the molecule is CCOC(C)Nc1ccc(Br)cc1. The minimum absolute atomic E-state index is 0.0613. The molecule has 1 rings (SSSR count). The number of rotatable bonds is 4. The van der Waals surface area contributed by atoms with Gasteiger partial charge < -0.3 is 10.1 Å². The standard InChI is InChI=1S/C10H14BrNO/c1-3-13-8(2)12-10-6-4-9(11)5-7-10/h4-8,12H,3H2,1-2H3. The molecule has 0 amide bonds. The molecule has 3 heteroatoms. The van der Waals surface area contributed by atoms with E-state index >= 15 is 0 Å². The Labute approximate surface area is 87.4 Å². The lowest BCUT2D eigenvalue weighted by Crippen LogP contribution is -2.18. The van der Waals surface area contributed by atoms with Crippen LogP contribution in [0.4, 0.5) is 5.69 Å². The smallest absolute Gasteiger partial charge is 0.124 e. The van der Waals surface area contributed by atoms with E-state index in [-0.39, 0.29) is 6.23 Å². The summed E-state index contributed by atoms with van der Waals surface area (Å²) in [6.07, 6.45) is 0.0613. The first-order valence-electron chi connectivity index (χ1n) is 4.36. The molecule has 0 bridgehead atoms. The van der Waals surface area contributed by atoms with Gasteiger partial charge in [-0.2, -0.15) is 0 Å². The van der Waals surface area contributed by atoms with E-state index in [1.54, 1.807) is 0 Å². The Morgan fingerprint density at radius 3 is 2.54 bits per heavy atom. The van der Waals surface area contributed by atoms with Crippen molar-refractivity contribution in [3.63, 3.8) is 0 Å². The molecule has 1 aromatic rings. The first-order valence-corrected chi connectivity index (χ1v) is 5.15. The fourth-order valence-corrected chi connectivity index (χ4v) is 1.34. The fourth-order valence-electron chi connectivity index (χ4n) is 1.07. The maximum Gasteiger partial charge on any atom is 0.124 e. The van der Waals surface area contributed by atoms with E-state index in [1.165, 1.54) is 0 Å². The van der Waals surface area contributed by atoms with Crippen LogP contribution >= 0.6 is 15.9 Å². The van der Waals surface area contributed by atoms with Gasteiger partial charge in [0, 0.05) is 16.8 Å². The van der Waals surface area contributed by atoms with E-state index < -0.39 is 0 Å². The van der Waals surface area contributed by atoms with Crippen LogP contribution in [0, 0.1) is 0 Å². The molecule has 0 heterocycles. The number of nitrogens with one attached hydrogen (secondary N) is 1. The highest BCUT2D eigenvalue weighted by Crippen LogP contribution is 2.14. The van der Waals surface area contributed by atoms with Gasteiger partial charge in [0.05, 0.1) is 0 Å². The van der Waals surface area contributed by atoms with E-state index in [1.807, 2.05) is 38.1 Å². The summed E-state index contributed by atoms with van der Waals surface area (Å²) < 4.78 is 6.44. The molecule has 0 aliphatic carbocycles. The Balaban J connectivity index is 2.49. The largest absolute Gasteiger partial charge is 0.360 e. The van der Waals surface area contributed by atoms with Gasteiger partial charge in [-0.3, -0.25) is 0 Å². The summed E-state index contributed by atoms with van der Waals surface area (Å²) in [5, 5.41) is 3.23. The average molecular weight is 244 g/mol. The van der Waals surface area contributed by atoms with Crippen LogP contribution in [0.3, 0.4) is 0 Å². The Morgan fingerprint density at radius 2 is 2.00 bits per heavy atom. The molecule has 1 aromatic carbocycles. The first-order chi connectivity index (χ1) is 6.22. The van der Waals surface area contributed by atoms with E-state index in [9.17, 15) is 0 Å². The number of hydrogen-bond acceptors (Lipinski definition) is 2. The Bertz CT molecular complexity index is 248. The predicted molar refractivity (Wildman–Crippen MR) is 58.9 cm³/mol. The molecule has 0 spiro atoms. The molecule has 0 aliphatic heterocycles. The second-order valence-electron chi connectivity index (χ2n) is 2.75. The maximum atomic E-state index is 5.35. The van der Waals surface area contributed by atoms with Crippen molar-refractivity contribution in [3.05, 3.63) is 28.7 Å². The molecular weight excluding hydrogens is 230 g/mol. The topological polar surface area (TPSA) is 21.3 Å². The molecule has 0 aromatic heterocycles. The van der Waals surface area contributed by atoms with Gasteiger partial charge in [-0.1, -0.05) is 15.9 Å². The molecule has 1 unspecified atom stereocenters. The molecule has 72 valence electrons. The average Bonchev–Trinajstić information content (AvgIpc) is 2.09. The van der Waals surface area contributed by atoms with E-state index in [0.29, 0.717) is 0 Å². The summed E-state index contributed by atoms with van der Waals surface area (Å²) in [5.41, 5.74) is 1.07. The third kappa shape index (κ3) is 3.79. The van der Waals surface area contributed by atoms with Crippen molar-refractivity contribution in [2.75, 3.05) is 11.9 Å². The van der Waals surface area contributed by atoms with Gasteiger partial charge in [-0.25, -0.2) is 0 Å². The van der Waals surface area contributed by atoms with Crippen molar-refractivity contribution in [1.82, 2.24) is 0 Å². The number of ether oxygens (including phenoxy) is 1. The zero-order valence-electron chi connectivity index (χ0n) is 7.88. The second kappa shape index (κ2) is 5.25. The lowest BCUT2D eigenvalue weighted by atomic mass is 10.3. The Morgan fingerprint density at radius 1 is 1.38 bits per heavy atom. The van der Waals surface area contributed by atoms with Crippen molar-refractivity contribution < 1.29 is 4.74 Å². The number of anilines is 1. The highest BCUT2D eigenvalue weighted by molar-refractivity contribution is 9.10. The highest BCUT2D eigenvalue weighted by Gasteiger charge is 1.99. The van der Waals surface area contributed by atoms with Crippen LogP contribution in [0.1, 0.15) is 13.8 Å². The van der Waals surface area contributed by atoms with Crippen LogP contribution in [0.2, 0.25) is 0 Å². The third-order valence-corrected chi connectivity index (χ3v) is 2.16. The van der Waals surface area contributed by atoms with Crippen molar-refractivity contribution in [1.29, 1.82) is 0 Å². The summed E-state index contributed by atoms with van der Waals surface area (Å²) in [4.78, 5) is 0. The van der Waals surface area contributed by atoms with Crippen molar-refractivity contribution >= 4 is 21.6 Å². The summed E-state index contributed by atoms with van der Waals surface area (Å²) in [6.45, 7) is 4.70. The quantitative estimate of drug-likeness (QED) is 0.821. The van der Waals surface area contributed by atoms with Gasteiger partial charge >= 0.3 is 0 Å². The summed E-state index contributed by atoms with van der Waals surface area (Å²) in [7, 11) is 0. The van der Waals surface area contributed by atoms with Gasteiger partial charge in [-0.15, -0.1) is 0 Å². The second-order valence-corrected chi connectivity index (χ2v) is 3.66. The zero-order chi connectivity index (χ0) is 9.68. The van der Waals surface area contributed by atoms with Gasteiger partial charge in [-0.05, 0) is 38.1 Å². The minimum Gasteiger partial charge on any atom is -0.360 e. The summed E-state index contributed by atoms with van der Waals surface area (Å²) >= 11 is 3.38. The number of hydrogen-bond donors (Lipinski definition) is 1. The van der Waals surface area contributed by atoms with Crippen LogP contribution in [-0.4, -0.2) is 12.8 Å². The van der Waals surface area contributed by atoms with Crippen molar-refractivity contribution in [2.24, 2.45) is 0 Å². The molecule has 0 radical (unpaired) electrons. The maximum absolute atomic E-state index is 5.35. The summed E-state index contributed by atoms with van der Waals surface area (Å²) in [5.74, 6) is 0.